The highest BCUT2D eigenvalue weighted by Crippen LogP contribution is 2.11. The fraction of sp³-hybridized carbons (Fsp3) is 0.125. The Morgan fingerprint density at radius 2 is 1.81 bits per heavy atom. The van der Waals surface area contributed by atoms with Crippen LogP contribution in [-0.4, -0.2) is 30.9 Å². The van der Waals surface area contributed by atoms with Gasteiger partial charge in [-0.15, -0.1) is 4.91 Å². The van der Waals surface area contributed by atoms with E-state index in [4.69, 9.17) is 4.55 Å². The first kappa shape index (κ1) is 12.3. The van der Waals surface area contributed by atoms with E-state index in [1.54, 1.807) is 0 Å². The number of nitroso groups, excluding NO2 is 1. The molecule has 0 bridgehead atoms. The molecule has 0 atom stereocenters. The number of carbonyl (C=O) groups excluding carboxylic acids is 1. The Bertz CT molecular complexity index is 508. The van der Waals surface area contributed by atoms with E-state index in [9.17, 15) is 18.1 Å². The second-order valence-corrected chi connectivity index (χ2v) is 4.33. The van der Waals surface area contributed by atoms with Crippen LogP contribution in [0.3, 0.4) is 0 Å². The Morgan fingerprint density at radius 1 is 1.31 bits per heavy atom. The highest BCUT2D eigenvalue weighted by molar-refractivity contribution is 7.85. The van der Waals surface area contributed by atoms with E-state index in [0.717, 1.165) is 12.1 Å². The van der Waals surface area contributed by atoms with E-state index in [1.807, 2.05) is 0 Å². The predicted molar refractivity (Wildman–Crippen MR) is 54.1 cm³/mol. The number of hydrogen-bond acceptors (Lipinski definition) is 5. The molecule has 7 nitrogen and oxygen atoms in total. The van der Waals surface area contributed by atoms with Crippen molar-refractivity contribution in [3.05, 3.63) is 34.7 Å². The summed E-state index contributed by atoms with van der Waals surface area (Å²) < 4.78 is 30.1. The lowest BCUT2D eigenvalue weighted by Crippen LogP contribution is -2.20. The molecule has 1 aromatic rings. The maximum Gasteiger partial charge on any atom is 0.294 e. The average molecular weight is 244 g/mol. The van der Waals surface area contributed by atoms with E-state index >= 15 is 0 Å². The molecule has 1 aromatic carbocycles. The minimum absolute atomic E-state index is 0.0921. The molecule has 1 amide bonds. The van der Waals surface area contributed by atoms with Crippen LogP contribution >= 0.6 is 0 Å². The molecule has 0 aliphatic carbocycles. The molecule has 8 heteroatoms. The van der Waals surface area contributed by atoms with Crippen molar-refractivity contribution in [2.45, 2.75) is 4.90 Å². The van der Waals surface area contributed by atoms with Crippen LogP contribution in [0.25, 0.3) is 0 Å². The summed E-state index contributed by atoms with van der Waals surface area (Å²) in [6.07, 6.45) is 0. The maximum atomic E-state index is 11.4. The third-order valence-electron chi connectivity index (χ3n) is 1.82. The molecule has 0 spiro atoms. The molecule has 0 fully saturated rings. The summed E-state index contributed by atoms with van der Waals surface area (Å²) in [7, 11) is -3.11. The molecule has 86 valence electrons. The summed E-state index contributed by atoms with van der Waals surface area (Å²) in [4.78, 5) is 21.1. The third kappa shape index (κ3) is 2.61. The van der Waals surface area contributed by atoms with Gasteiger partial charge in [0.05, 0.1) is 10.2 Å². The maximum absolute atomic E-state index is 11.4. The van der Waals surface area contributed by atoms with Crippen LogP contribution in [0.4, 0.5) is 0 Å². The fourth-order valence-corrected chi connectivity index (χ4v) is 1.47. The Hall–Kier alpha value is -1.80. The van der Waals surface area contributed by atoms with Crippen molar-refractivity contribution in [1.82, 2.24) is 5.01 Å². The molecule has 0 heterocycles. The van der Waals surface area contributed by atoms with Gasteiger partial charge in [0.25, 0.3) is 16.0 Å². The van der Waals surface area contributed by atoms with Gasteiger partial charge >= 0.3 is 0 Å². The molecule has 16 heavy (non-hydrogen) atoms. The van der Waals surface area contributed by atoms with Gasteiger partial charge in [0.2, 0.25) is 0 Å². The number of carbonyl (C=O) groups is 1. The topological polar surface area (TPSA) is 104 Å². The molecular weight excluding hydrogens is 236 g/mol. The predicted octanol–water partition coefficient (Wildman–Crippen LogP) is 0.687. The Morgan fingerprint density at radius 3 is 2.19 bits per heavy atom. The van der Waals surface area contributed by atoms with Crippen molar-refractivity contribution in [2.24, 2.45) is 5.29 Å². The van der Waals surface area contributed by atoms with E-state index in [1.165, 1.54) is 19.2 Å². The van der Waals surface area contributed by atoms with Crippen molar-refractivity contribution in [1.29, 1.82) is 0 Å². The molecule has 1 rings (SSSR count). The zero-order chi connectivity index (χ0) is 12.3. The number of nitrogens with zero attached hydrogens (tertiary/aromatic N) is 2. The second kappa shape index (κ2) is 4.37. The summed E-state index contributed by atoms with van der Waals surface area (Å²) in [5.74, 6) is -0.670. The van der Waals surface area contributed by atoms with Crippen molar-refractivity contribution < 1.29 is 17.8 Å². The van der Waals surface area contributed by atoms with Crippen LogP contribution < -0.4 is 0 Å². The van der Waals surface area contributed by atoms with E-state index in [2.05, 4.69) is 5.29 Å². The van der Waals surface area contributed by atoms with Crippen LogP contribution in [0.1, 0.15) is 10.4 Å². The SMILES string of the molecule is CN(N=O)C(=O)c1ccc(S(=O)(=O)O)cc1. The largest absolute Gasteiger partial charge is 0.294 e. The number of rotatable bonds is 3. The highest BCUT2D eigenvalue weighted by atomic mass is 32.2. The molecule has 0 saturated carbocycles. The Balaban J connectivity index is 3.05. The van der Waals surface area contributed by atoms with Gasteiger partial charge in [0.1, 0.15) is 0 Å². The zero-order valence-corrected chi connectivity index (χ0v) is 9.01. The molecule has 0 aliphatic heterocycles. The summed E-state index contributed by atoms with van der Waals surface area (Å²) in [6, 6.07) is 4.46. The zero-order valence-electron chi connectivity index (χ0n) is 8.19. The van der Waals surface area contributed by atoms with E-state index in [0.29, 0.717) is 5.01 Å². The summed E-state index contributed by atoms with van der Waals surface area (Å²) in [5.41, 5.74) is 0.0921. The first-order chi connectivity index (χ1) is 7.36. The van der Waals surface area contributed by atoms with Crippen LogP contribution in [0.2, 0.25) is 0 Å². The smallest absolute Gasteiger partial charge is 0.282 e. The molecule has 0 unspecified atom stereocenters. The van der Waals surface area contributed by atoms with Crippen molar-refractivity contribution in [2.75, 3.05) is 7.05 Å². The van der Waals surface area contributed by atoms with Crippen LogP contribution in [0.15, 0.2) is 34.4 Å². The van der Waals surface area contributed by atoms with Gasteiger partial charge < -0.3 is 0 Å². The fourth-order valence-electron chi connectivity index (χ4n) is 0.993. The molecular formula is C8H8N2O5S. The van der Waals surface area contributed by atoms with Gasteiger partial charge in [-0.05, 0) is 24.3 Å². The van der Waals surface area contributed by atoms with E-state index in [-0.39, 0.29) is 10.5 Å². The standard InChI is InChI=1S/C8H8N2O5S/c1-10(9-12)8(11)6-2-4-7(5-3-6)16(13,14)15/h2-5H,1H3,(H,13,14,15). The highest BCUT2D eigenvalue weighted by Gasteiger charge is 2.14. The second-order valence-electron chi connectivity index (χ2n) is 2.91. The quantitative estimate of drug-likeness (QED) is 0.478. The summed E-state index contributed by atoms with van der Waals surface area (Å²) in [5, 5.41) is 2.97. The van der Waals surface area contributed by atoms with Gasteiger partial charge in [0, 0.05) is 12.6 Å². The number of amides is 1. The Labute approximate surface area is 91.4 Å². The number of hydrogen-bond donors (Lipinski definition) is 1. The Kier molecular flexibility index (Phi) is 3.35. The third-order valence-corrected chi connectivity index (χ3v) is 2.68. The first-order valence-electron chi connectivity index (χ1n) is 4.05. The molecule has 0 radical (unpaired) electrons. The minimum Gasteiger partial charge on any atom is -0.282 e. The lowest BCUT2D eigenvalue weighted by atomic mass is 10.2. The van der Waals surface area contributed by atoms with Gasteiger partial charge in [-0.1, -0.05) is 0 Å². The molecule has 0 aliphatic rings. The van der Waals surface area contributed by atoms with Gasteiger partial charge in [-0.3, -0.25) is 9.35 Å². The minimum atomic E-state index is -4.28. The van der Waals surface area contributed by atoms with Gasteiger partial charge in [-0.2, -0.15) is 13.4 Å². The summed E-state index contributed by atoms with van der Waals surface area (Å²) in [6.45, 7) is 0. The monoisotopic (exact) mass is 244 g/mol. The van der Waals surface area contributed by atoms with Crippen molar-refractivity contribution >= 4 is 16.0 Å². The van der Waals surface area contributed by atoms with E-state index < -0.39 is 16.0 Å². The van der Waals surface area contributed by atoms with Crippen molar-refractivity contribution in [3.8, 4) is 0 Å². The number of benzene rings is 1. The van der Waals surface area contributed by atoms with Crippen molar-refractivity contribution in [3.63, 3.8) is 0 Å². The first-order valence-corrected chi connectivity index (χ1v) is 5.49. The van der Waals surface area contributed by atoms with Crippen LogP contribution in [0, 0.1) is 4.91 Å². The summed E-state index contributed by atoms with van der Waals surface area (Å²) >= 11 is 0. The van der Waals surface area contributed by atoms with Gasteiger partial charge in [-0.25, -0.2) is 0 Å². The lowest BCUT2D eigenvalue weighted by Gasteiger charge is -2.06. The van der Waals surface area contributed by atoms with Crippen LogP contribution in [0.5, 0.6) is 0 Å². The lowest BCUT2D eigenvalue weighted by molar-refractivity contribution is 0.0796. The van der Waals surface area contributed by atoms with Gasteiger partial charge in [0.15, 0.2) is 0 Å². The molecule has 1 N–H and O–H groups in total. The molecule has 0 aromatic heterocycles. The van der Waals surface area contributed by atoms with Crippen LogP contribution in [-0.2, 0) is 10.1 Å². The normalized spacial score (nSPS) is 10.9. The molecule has 0 saturated heterocycles. The average Bonchev–Trinajstić information content (AvgIpc) is 2.26.